The van der Waals surface area contributed by atoms with Gasteiger partial charge >= 0.3 is 0 Å². The summed E-state index contributed by atoms with van der Waals surface area (Å²) in [7, 11) is -1.81. The summed E-state index contributed by atoms with van der Waals surface area (Å²) in [6, 6.07) is 4.23. The molecule has 4 heterocycles. The number of thiol groups is 2. The van der Waals surface area contributed by atoms with Crippen LogP contribution in [0.2, 0.25) is 0 Å². The number of rotatable bonds is 14. The van der Waals surface area contributed by atoms with Gasteiger partial charge in [-0.2, -0.15) is 0 Å². The third kappa shape index (κ3) is 8.38. The summed E-state index contributed by atoms with van der Waals surface area (Å²) in [4.78, 5) is 2.53. The minimum atomic E-state index is -0.905. The average Bonchev–Trinajstić information content (AvgIpc) is 3.53. The molecular weight excluding hydrogens is 665 g/mol. The lowest BCUT2D eigenvalue weighted by atomic mass is 9.98. The van der Waals surface area contributed by atoms with E-state index in [0.717, 1.165) is 75.8 Å². The van der Waals surface area contributed by atoms with Gasteiger partial charge in [-0.1, -0.05) is 24.4 Å². The maximum Gasteiger partial charge on any atom is 0.108 e. The first-order valence-corrected chi connectivity index (χ1v) is 20.9. The van der Waals surface area contributed by atoms with Crippen molar-refractivity contribution in [1.82, 2.24) is 9.13 Å². The summed E-state index contributed by atoms with van der Waals surface area (Å²) < 4.78 is 31.5. The minimum Gasteiger partial charge on any atom is -0.322 e. The Labute approximate surface area is 280 Å². The molecule has 0 aliphatic carbocycles. The summed E-state index contributed by atoms with van der Waals surface area (Å²) >= 11 is 24.9. The van der Waals surface area contributed by atoms with Crippen molar-refractivity contribution in [2.24, 2.45) is 0 Å². The maximum absolute atomic E-state index is 12.7. The number of thioether (sulfide) groups is 2. The molecule has 0 bridgehead atoms. The molecule has 0 saturated carbocycles. The Kier molecular flexibility index (Phi) is 12.3. The second kappa shape index (κ2) is 14.7. The van der Waals surface area contributed by atoms with E-state index in [-0.39, 0.29) is 11.1 Å². The van der Waals surface area contributed by atoms with E-state index in [2.05, 4.69) is 49.0 Å². The summed E-state index contributed by atoms with van der Waals surface area (Å²) in [5.74, 6) is 4.71. The number of hydrogen-bond donors (Lipinski definition) is 2. The van der Waals surface area contributed by atoms with Gasteiger partial charge in [-0.25, -0.2) is 0 Å². The fourth-order valence-corrected chi connectivity index (χ4v) is 13.0. The van der Waals surface area contributed by atoms with E-state index in [1.807, 2.05) is 23.5 Å². The SMILES string of the molecule is CC(C)(CCCS(=O)CCCS(=O)CCCC(C)(C)n1c(S)c2c(cc1=S)SCC2)n1c(S)c2c(cc1=S)SCC2. The first-order valence-electron chi connectivity index (χ1n) is 14.2. The number of nitrogens with zero attached hydrogens (tertiary/aromatic N) is 2. The average molecular weight is 707 g/mol. The predicted octanol–water partition coefficient (Wildman–Crippen LogP) is 8.24. The molecule has 2 unspecified atom stereocenters. The molecule has 2 aliphatic rings. The number of pyridine rings is 2. The van der Waals surface area contributed by atoms with E-state index in [1.165, 1.54) is 20.9 Å². The summed E-state index contributed by atoms with van der Waals surface area (Å²) in [6.07, 6.45) is 6.28. The molecule has 4 nitrogen and oxygen atoms in total. The Morgan fingerprint density at radius 3 is 1.49 bits per heavy atom. The van der Waals surface area contributed by atoms with Gasteiger partial charge in [0.15, 0.2) is 0 Å². The number of aromatic nitrogens is 2. The van der Waals surface area contributed by atoms with Crippen molar-refractivity contribution in [1.29, 1.82) is 0 Å². The molecule has 0 amide bonds. The third-order valence-electron chi connectivity index (χ3n) is 8.00. The highest BCUT2D eigenvalue weighted by molar-refractivity contribution is 8.00. The van der Waals surface area contributed by atoms with E-state index in [1.54, 1.807) is 0 Å². The maximum atomic E-state index is 12.7. The first-order chi connectivity index (χ1) is 19.3. The number of fused-ring (bicyclic) bond motifs is 2. The van der Waals surface area contributed by atoms with Crippen molar-refractivity contribution in [3.63, 3.8) is 0 Å². The van der Waals surface area contributed by atoms with Gasteiger partial charge in [0, 0.05) is 77.0 Å². The Balaban J connectivity index is 1.17. The van der Waals surface area contributed by atoms with Crippen LogP contribution >= 0.6 is 73.2 Å². The molecule has 2 aromatic rings. The van der Waals surface area contributed by atoms with E-state index in [9.17, 15) is 8.42 Å². The second-order valence-corrected chi connectivity index (χ2v) is 19.4. The zero-order chi connectivity index (χ0) is 29.9. The summed E-state index contributed by atoms with van der Waals surface area (Å²) in [5.41, 5.74) is 2.23. The van der Waals surface area contributed by atoms with Crippen LogP contribution in [0.25, 0.3) is 0 Å². The Morgan fingerprint density at radius 2 is 1.10 bits per heavy atom. The van der Waals surface area contributed by atoms with Gasteiger partial charge < -0.3 is 9.13 Å². The Bertz CT molecular complexity index is 1340. The van der Waals surface area contributed by atoms with Gasteiger partial charge in [0.2, 0.25) is 0 Å². The largest absolute Gasteiger partial charge is 0.322 e. The molecule has 0 spiro atoms. The monoisotopic (exact) mass is 706 g/mol. The topological polar surface area (TPSA) is 44.0 Å². The molecule has 0 radical (unpaired) electrons. The van der Waals surface area contributed by atoms with Crippen LogP contribution in [-0.2, 0) is 45.5 Å². The van der Waals surface area contributed by atoms with Gasteiger partial charge in [0.05, 0.1) is 10.1 Å². The van der Waals surface area contributed by atoms with Crippen molar-refractivity contribution in [2.45, 2.75) is 104 Å². The molecule has 0 fully saturated rings. The zero-order valence-corrected chi connectivity index (χ0v) is 31.1. The fraction of sp³-hybridized carbons (Fsp3) is 0.655. The lowest BCUT2D eigenvalue weighted by Crippen LogP contribution is -2.29. The predicted molar refractivity (Wildman–Crippen MR) is 191 cm³/mol. The lowest BCUT2D eigenvalue weighted by molar-refractivity contribution is 0.296. The van der Waals surface area contributed by atoms with Crippen LogP contribution in [0.3, 0.4) is 0 Å². The third-order valence-corrected chi connectivity index (χ3v) is 14.7. The standard InChI is InChI=1S/C29H42N2O2S8/c1-28(2,30-24(34)18-22-20(26(30)36)8-12-38-22)10-5-14-40(32)16-7-17-41(33)15-6-11-29(3,4)31-25(35)19-23-21(27(31)37)9-13-39-23/h18-19,36-37H,5-17H2,1-4H3. The van der Waals surface area contributed by atoms with Crippen molar-refractivity contribution < 1.29 is 8.42 Å². The molecular formula is C29H42N2O2S8. The summed E-state index contributed by atoms with van der Waals surface area (Å²) in [5, 5.41) is 1.96. The highest BCUT2D eigenvalue weighted by Gasteiger charge is 2.28. The molecule has 0 aromatic carbocycles. The van der Waals surface area contributed by atoms with Crippen molar-refractivity contribution in [2.75, 3.05) is 34.5 Å². The Morgan fingerprint density at radius 1 is 0.732 bits per heavy atom. The molecule has 0 N–H and O–H groups in total. The van der Waals surface area contributed by atoms with Crippen LogP contribution in [0, 0.1) is 9.28 Å². The normalized spacial score (nSPS) is 16.5. The van der Waals surface area contributed by atoms with Gasteiger partial charge in [-0.3, -0.25) is 8.42 Å². The highest BCUT2D eigenvalue weighted by Crippen LogP contribution is 2.39. The van der Waals surface area contributed by atoms with Crippen molar-refractivity contribution in [3.05, 3.63) is 32.5 Å². The molecule has 12 heteroatoms. The van der Waals surface area contributed by atoms with Crippen LogP contribution < -0.4 is 0 Å². The highest BCUT2D eigenvalue weighted by atomic mass is 32.2. The van der Waals surface area contributed by atoms with Crippen LogP contribution in [-0.4, -0.2) is 52.1 Å². The molecule has 41 heavy (non-hydrogen) atoms. The van der Waals surface area contributed by atoms with Crippen molar-refractivity contribution in [3.8, 4) is 0 Å². The van der Waals surface area contributed by atoms with E-state index >= 15 is 0 Å². The quantitative estimate of drug-likeness (QED) is 0.153. The zero-order valence-electron chi connectivity index (χ0n) is 24.4. The number of hydrogen-bond acceptors (Lipinski definition) is 8. The van der Waals surface area contributed by atoms with Crippen LogP contribution in [0.4, 0.5) is 0 Å². The minimum absolute atomic E-state index is 0.188. The van der Waals surface area contributed by atoms with Crippen LogP contribution in [0.1, 0.15) is 70.9 Å². The van der Waals surface area contributed by atoms with Gasteiger partial charge in [0.1, 0.15) is 9.28 Å². The molecule has 2 atom stereocenters. The Hall–Kier alpha value is 0.440. The smallest absolute Gasteiger partial charge is 0.108 e. The first kappa shape index (κ1) is 34.3. The molecule has 228 valence electrons. The fourth-order valence-electron chi connectivity index (χ4n) is 5.79. The van der Waals surface area contributed by atoms with E-state index in [4.69, 9.17) is 49.7 Å². The van der Waals surface area contributed by atoms with Crippen molar-refractivity contribution >= 4 is 94.8 Å². The van der Waals surface area contributed by atoms with Crippen LogP contribution in [0.15, 0.2) is 32.0 Å². The van der Waals surface area contributed by atoms with E-state index in [0.29, 0.717) is 23.0 Å². The molecule has 0 saturated heterocycles. The molecule has 4 rings (SSSR count). The second-order valence-electron chi connectivity index (χ2n) is 12.0. The molecule has 2 aromatic heterocycles. The van der Waals surface area contributed by atoms with Gasteiger partial charge in [-0.05, 0) is 95.9 Å². The van der Waals surface area contributed by atoms with Gasteiger partial charge in [0.25, 0.3) is 0 Å². The van der Waals surface area contributed by atoms with Gasteiger partial charge in [-0.15, -0.1) is 48.8 Å². The van der Waals surface area contributed by atoms with Crippen LogP contribution in [0.5, 0.6) is 0 Å². The molecule has 2 aliphatic heterocycles. The van der Waals surface area contributed by atoms with E-state index < -0.39 is 21.6 Å². The lowest BCUT2D eigenvalue weighted by Gasteiger charge is -2.31. The summed E-state index contributed by atoms with van der Waals surface area (Å²) in [6.45, 7) is 8.77.